The van der Waals surface area contributed by atoms with E-state index in [-0.39, 0.29) is 23.7 Å². The molecular formula is C16H19NO3S. The minimum absolute atomic E-state index is 0.0257. The molecule has 112 valence electrons. The summed E-state index contributed by atoms with van der Waals surface area (Å²) in [4.78, 5) is 12.1. The summed E-state index contributed by atoms with van der Waals surface area (Å²) in [5.41, 5.74) is 1.98. The van der Waals surface area contributed by atoms with Crippen LogP contribution in [0.1, 0.15) is 19.4 Å². The molecule has 1 saturated heterocycles. The van der Waals surface area contributed by atoms with Crippen LogP contribution in [0.4, 0.5) is 0 Å². The molecule has 0 N–H and O–H groups in total. The molecule has 1 aromatic carbocycles. The molecule has 1 aromatic rings. The Hall–Kier alpha value is -1.46. The van der Waals surface area contributed by atoms with Crippen molar-refractivity contribution in [1.82, 2.24) is 4.31 Å². The maximum absolute atomic E-state index is 12.8. The summed E-state index contributed by atoms with van der Waals surface area (Å²) >= 11 is 0. The number of nitrogens with zero attached hydrogens (tertiary/aromatic N) is 1. The van der Waals surface area contributed by atoms with E-state index in [2.05, 4.69) is 0 Å². The fourth-order valence-corrected chi connectivity index (χ4v) is 5.08. The molecular weight excluding hydrogens is 286 g/mol. The van der Waals surface area contributed by atoms with Crippen LogP contribution < -0.4 is 0 Å². The predicted molar refractivity (Wildman–Crippen MR) is 80.3 cm³/mol. The molecule has 1 fully saturated rings. The molecule has 0 saturated carbocycles. The average Bonchev–Trinajstić information content (AvgIpc) is 2.89. The Morgan fingerprint density at radius 3 is 2.33 bits per heavy atom. The number of fused-ring (bicyclic) bond motifs is 1. The van der Waals surface area contributed by atoms with Gasteiger partial charge in [-0.25, -0.2) is 8.42 Å². The van der Waals surface area contributed by atoms with Crippen LogP contribution >= 0.6 is 0 Å². The minimum Gasteiger partial charge on any atom is -0.295 e. The Kier molecular flexibility index (Phi) is 3.30. The molecule has 3 atom stereocenters. The molecule has 0 amide bonds. The lowest BCUT2D eigenvalue weighted by Crippen LogP contribution is -2.37. The number of carbonyl (C=O) groups excluding carboxylic acids is 1. The second-order valence-electron chi connectivity index (χ2n) is 6.04. The number of sulfonamides is 1. The van der Waals surface area contributed by atoms with Gasteiger partial charge < -0.3 is 0 Å². The van der Waals surface area contributed by atoms with Gasteiger partial charge in [-0.1, -0.05) is 24.6 Å². The van der Waals surface area contributed by atoms with Gasteiger partial charge in [-0.05, 0) is 37.6 Å². The minimum atomic E-state index is -3.51. The highest BCUT2D eigenvalue weighted by Gasteiger charge is 2.48. The van der Waals surface area contributed by atoms with Crippen molar-refractivity contribution in [2.24, 2.45) is 11.8 Å². The number of hydrogen-bond donors (Lipinski definition) is 0. The topological polar surface area (TPSA) is 54.5 Å². The first-order chi connectivity index (χ1) is 9.82. The molecule has 5 heteroatoms. The number of rotatable bonds is 2. The number of hydrogen-bond acceptors (Lipinski definition) is 3. The smallest absolute Gasteiger partial charge is 0.243 e. The van der Waals surface area contributed by atoms with Gasteiger partial charge in [0, 0.05) is 24.4 Å². The molecule has 0 radical (unpaired) electrons. The van der Waals surface area contributed by atoms with Crippen molar-refractivity contribution in [2.45, 2.75) is 31.7 Å². The molecule has 0 spiro atoms. The summed E-state index contributed by atoms with van der Waals surface area (Å²) in [5.74, 6) is 0.0279. The van der Waals surface area contributed by atoms with Crippen LogP contribution in [0, 0.1) is 18.8 Å². The largest absolute Gasteiger partial charge is 0.295 e. The third-order valence-electron chi connectivity index (χ3n) is 4.68. The van der Waals surface area contributed by atoms with Gasteiger partial charge in [-0.15, -0.1) is 0 Å². The van der Waals surface area contributed by atoms with E-state index in [0.29, 0.717) is 11.4 Å². The summed E-state index contributed by atoms with van der Waals surface area (Å²) in [6.07, 6.45) is 1.64. The SMILES string of the molecule is Cc1ccc(S(=O)(=O)N2CC3=CC(=O)[C@@H](C)[C@H]3[C@@H]2C)cc1. The average molecular weight is 305 g/mol. The van der Waals surface area contributed by atoms with Gasteiger partial charge >= 0.3 is 0 Å². The molecule has 3 rings (SSSR count). The number of ketones is 1. The zero-order valence-corrected chi connectivity index (χ0v) is 13.2. The van der Waals surface area contributed by atoms with Gasteiger partial charge in [0.15, 0.2) is 5.78 Å². The highest BCUT2D eigenvalue weighted by atomic mass is 32.2. The molecule has 1 aliphatic carbocycles. The normalized spacial score (nSPS) is 29.6. The second-order valence-corrected chi connectivity index (χ2v) is 7.93. The standard InChI is InChI=1S/C16H19NO3S/c1-10-4-6-14(7-5-10)21(19,20)17-9-13-8-15(18)11(2)16(13)12(17)3/h4-8,11-12,16H,9H2,1-3H3/t11-,12+,16+/m1/s1. The van der Waals surface area contributed by atoms with E-state index in [0.717, 1.165) is 11.1 Å². The van der Waals surface area contributed by atoms with Crippen LogP contribution in [0.25, 0.3) is 0 Å². The van der Waals surface area contributed by atoms with Crippen molar-refractivity contribution in [3.05, 3.63) is 41.5 Å². The summed E-state index contributed by atoms with van der Waals surface area (Å²) in [6, 6.07) is 6.73. The maximum atomic E-state index is 12.8. The van der Waals surface area contributed by atoms with Crippen molar-refractivity contribution < 1.29 is 13.2 Å². The first-order valence-electron chi connectivity index (χ1n) is 7.15. The Morgan fingerprint density at radius 1 is 1.14 bits per heavy atom. The van der Waals surface area contributed by atoms with E-state index in [9.17, 15) is 13.2 Å². The summed E-state index contributed by atoms with van der Waals surface area (Å²) < 4.78 is 27.1. The lowest BCUT2D eigenvalue weighted by molar-refractivity contribution is -0.118. The fourth-order valence-electron chi connectivity index (χ4n) is 3.44. The van der Waals surface area contributed by atoms with Crippen molar-refractivity contribution in [2.75, 3.05) is 6.54 Å². The Morgan fingerprint density at radius 2 is 1.76 bits per heavy atom. The highest BCUT2D eigenvalue weighted by molar-refractivity contribution is 7.89. The van der Waals surface area contributed by atoms with Gasteiger partial charge in [0.05, 0.1) is 4.90 Å². The molecule has 21 heavy (non-hydrogen) atoms. The Bertz CT molecular complexity index is 718. The predicted octanol–water partition coefficient (Wildman–Crippen LogP) is 2.15. The number of benzene rings is 1. The molecule has 1 heterocycles. The summed E-state index contributed by atoms with van der Waals surface area (Å²) in [7, 11) is -3.51. The van der Waals surface area contributed by atoms with E-state index in [1.807, 2.05) is 20.8 Å². The van der Waals surface area contributed by atoms with Crippen LogP contribution in [-0.4, -0.2) is 31.1 Å². The van der Waals surface area contributed by atoms with E-state index < -0.39 is 10.0 Å². The van der Waals surface area contributed by atoms with Gasteiger partial charge in [0.1, 0.15) is 0 Å². The van der Waals surface area contributed by atoms with Crippen LogP contribution in [0.2, 0.25) is 0 Å². The molecule has 0 aromatic heterocycles. The summed E-state index contributed by atoms with van der Waals surface area (Å²) in [6.45, 7) is 6.04. The molecule has 2 aliphatic rings. The lowest BCUT2D eigenvalue weighted by atomic mass is 9.89. The van der Waals surface area contributed by atoms with Crippen molar-refractivity contribution in [3.8, 4) is 0 Å². The fraction of sp³-hybridized carbons (Fsp3) is 0.438. The van der Waals surface area contributed by atoms with Crippen molar-refractivity contribution in [1.29, 1.82) is 0 Å². The van der Waals surface area contributed by atoms with E-state index in [1.54, 1.807) is 30.3 Å². The van der Waals surface area contributed by atoms with Gasteiger partial charge in [0.2, 0.25) is 10.0 Å². The van der Waals surface area contributed by atoms with Crippen LogP contribution in [0.5, 0.6) is 0 Å². The van der Waals surface area contributed by atoms with Crippen LogP contribution in [-0.2, 0) is 14.8 Å². The molecule has 1 aliphatic heterocycles. The van der Waals surface area contributed by atoms with Gasteiger partial charge in [0.25, 0.3) is 0 Å². The Balaban J connectivity index is 1.97. The molecule has 4 nitrogen and oxygen atoms in total. The van der Waals surface area contributed by atoms with Crippen molar-refractivity contribution in [3.63, 3.8) is 0 Å². The van der Waals surface area contributed by atoms with Crippen molar-refractivity contribution >= 4 is 15.8 Å². The Labute approximate surface area is 125 Å². The molecule has 0 unspecified atom stereocenters. The quantitative estimate of drug-likeness (QED) is 0.841. The first kappa shape index (κ1) is 14.5. The van der Waals surface area contributed by atoms with E-state index in [1.165, 1.54) is 4.31 Å². The highest BCUT2D eigenvalue weighted by Crippen LogP contribution is 2.42. The zero-order chi connectivity index (χ0) is 15.4. The third-order valence-corrected chi connectivity index (χ3v) is 6.63. The van der Waals surface area contributed by atoms with E-state index in [4.69, 9.17) is 0 Å². The zero-order valence-electron chi connectivity index (χ0n) is 12.4. The second kappa shape index (κ2) is 4.78. The summed E-state index contributed by atoms with van der Waals surface area (Å²) in [5, 5.41) is 0. The number of allylic oxidation sites excluding steroid dienone is 1. The molecule has 0 bridgehead atoms. The van der Waals surface area contributed by atoms with Crippen LogP contribution in [0.15, 0.2) is 40.8 Å². The van der Waals surface area contributed by atoms with Gasteiger partial charge in [-0.3, -0.25) is 4.79 Å². The lowest BCUT2D eigenvalue weighted by Gasteiger charge is -2.25. The number of aryl methyl sites for hydroxylation is 1. The van der Waals surface area contributed by atoms with E-state index >= 15 is 0 Å². The maximum Gasteiger partial charge on any atom is 0.243 e. The third kappa shape index (κ3) is 2.15. The van der Waals surface area contributed by atoms with Gasteiger partial charge in [-0.2, -0.15) is 4.31 Å². The van der Waals surface area contributed by atoms with Crippen LogP contribution in [0.3, 0.4) is 0 Å². The first-order valence-corrected chi connectivity index (χ1v) is 8.59. The monoisotopic (exact) mass is 305 g/mol. The number of carbonyl (C=O) groups is 1.